The quantitative estimate of drug-likeness (QED) is 0.460. The second kappa shape index (κ2) is 7.88. The maximum absolute atomic E-state index is 13.1. The van der Waals surface area contributed by atoms with Gasteiger partial charge in [0.1, 0.15) is 11.4 Å². The number of ether oxygens (including phenoxy) is 2. The summed E-state index contributed by atoms with van der Waals surface area (Å²) in [5, 5.41) is 5.96. The predicted octanol–water partition coefficient (Wildman–Crippen LogP) is 4.80. The van der Waals surface area contributed by atoms with Crippen LogP contribution in [0.2, 0.25) is 10.0 Å². The van der Waals surface area contributed by atoms with Crippen LogP contribution >= 0.6 is 34.5 Å². The zero-order valence-corrected chi connectivity index (χ0v) is 18.1. The van der Waals surface area contributed by atoms with Gasteiger partial charge in [-0.2, -0.15) is 0 Å². The van der Waals surface area contributed by atoms with Crippen molar-refractivity contribution in [3.8, 4) is 22.6 Å². The molecule has 0 aliphatic carbocycles. The van der Waals surface area contributed by atoms with Crippen molar-refractivity contribution in [3.05, 3.63) is 68.5 Å². The third kappa shape index (κ3) is 3.74. The Labute approximate surface area is 189 Å². The van der Waals surface area contributed by atoms with E-state index in [1.807, 2.05) is 17.5 Å². The van der Waals surface area contributed by atoms with Gasteiger partial charge in [-0.05, 0) is 17.7 Å². The smallest absolute Gasteiger partial charge is 0.263 e. The lowest BCUT2D eigenvalue weighted by Crippen LogP contribution is -2.27. The topological polar surface area (TPSA) is 82.5 Å². The Balaban J connectivity index is 1.44. The van der Waals surface area contributed by atoms with Crippen molar-refractivity contribution in [1.82, 2.24) is 9.55 Å². The molecule has 0 bridgehead atoms. The molecule has 31 heavy (non-hydrogen) atoms. The zero-order chi connectivity index (χ0) is 21.5. The minimum absolute atomic E-state index is 0.0979. The van der Waals surface area contributed by atoms with Crippen molar-refractivity contribution in [2.24, 2.45) is 0 Å². The SMILES string of the molecule is O=C(Cn1cnc2scc(-c3ccc(Cl)cc3)c2c1=O)Nc1cc2c(cc1Cl)OCO2. The lowest BCUT2D eigenvalue weighted by Gasteiger charge is -2.10. The van der Waals surface area contributed by atoms with E-state index in [-0.39, 0.29) is 18.9 Å². The van der Waals surface area contributed by atoms with Gasteiger partial charge in [-0.15, -0.1) is 11.3 Å². The number of anilines is 1. The average molecular weight is 474 g/mol. The van der Waals surface area contributed by atoms with Crippen LogP contribution in [0.15, 0.2) is 52.9 Å². The van der Waals surface area contributed by atoms with Crippen LogP contribution in [0.1, 0.15) is 0 Å². The van der Waals surface area contributed by atoms with Crippen LogP contribution < -0.4 is 20.3 Å². The third-order valence-electron chi connectivity index (χ3n) is 4.77. The summed E-state index contributed by atoms with van der Waals surface area (Å²) < 4.78 is 11.8. The first-order chi connectivity index (χ1) is 15.0. The van der Waals surface area contributed by atoms with Crippen molar-refractivity contribution in [2.75, 3.05) is 12.1 Å². The lowest BCUT2D eigenvalue weighted by molar-refractivity contribution is -0.116. The highest BCUT2D eigenvalue weighted by Crippen LogP contribution is 2.39. The summed E-state index contributed by atoms with van der Waals surface area (Å²) in [5.41, 5.74) is 1.67. The fraction of sp³-hybridized carbons (Fsp3) is 0.0952. The molecule has 0 spiro atoms. The third-order valence-corrected chi connectivity index (χ3v) is 6.22. The number of amides is 1. The molecule has 1 amide bonds. The molecule has 10 heteroatoms. The number of nitrogens with zero attached hydrogens (tertiary/aromatic N) is 2. The van der Waals surface area contributed by atoms with Crippen LogP contribution in [0.3, 0.4) is 0 Å². The van der Waals surface area contributed by atoms with E-state index in [1.54, 1.807) is 24.3 Å². The Morgan fingerprint density at radius 3 is 2.68 bits per heavy atom. The summed E-state index contributed by atoms with van der Waals surface area (Å²) in [6.07, 6.45) is 1.37. The van der Waals surface area contributed by atoms with E-state index in [0.717, 1.165) is 11.1 Å². The van der Waals surface area contributed by atoms with Gasteiger partial charge in [0.2, 0.25) is 12.7 Å². The van der Waals surface area contributed by atoms with Gasteiger partial charge < -0.3 is 14.8 Å². The second-order valence-electron chi connectivity index (χ2n) is 6.75. The molecule has 3 heterocycles. The average Bonchev–Trinajstić information content (AvgIpc) is 3.38. The van der Waals surface area contributed by atoms with Crippen LogP contribution in [0, 0.1) is 0 Å². The standard InChI is InChI=1S/C21H13Cl2N3O4S/c22-12-3-1-11(2-4-12)13-8-31-20-19(13)21(28)26(9-24-20)7-18(27)25-15-6-17-16(5-14(15)23)29-10-30-17/h1-6,8-9H,7,10H2,(H,25,27). The van der Waals surface area contributed by atoms with Crippen LogP contribution in [-0.4, -0.2) is 22.3 Å². The first-order valence-corrected chi connectivity index (χ1v) is 10.7. The molecule has 5 rings (SSSR count). The summed E-state index contributed by atoms with van der Waals surface area (Å²) in [5.74, 6) is 0.583. The van der Waals surface area contributed by atoms with E-state index < -0.39 is 5.91 Å². The molecule has 0 atom stereocenters. The van der Waals surface area contributed by atoms with Crippen molar-refractivity contribution in [2.45, 2.75) is 6.54 Å². The molecule has 2 aromatic carbocycles. The van der Waals surface area contributed by atoms with Gasteiger partial charge >= 0.3 is 0 Å². The lowest BCUT2D eigenvalue weighted by atomic mass is 10.1. The summed E-state index contributed by atoms with van der Waals surface area (Å²) >= 11 is 13.5. The van der Waals surface area contributed by atoms with Gasteiger partial charge in [-0.25, -0.2) is 4.98 Å². The maximum Gasteiger partial charge on any atom is 0.263 e. The Kier molecular flexibility index (Phi) is 5.05. The van der Waals surface area contributed by atoms with Gasteiger partial charge in [-0.3, -0.25) is 14.2 Å². The van der Waals surface area contributed by atoms with Crippen molar-refractivity contribution < 1.29 is 14.3 Å². The number of halogens is 2. The largest absolute Gasteiger partial charge is 0.454 e. The number of benzene rings is 2. The Morgan fingerprint density at radius 2 is 1.90 bits per heavy atom. The summed E-state index contributed by atoms with van der Waals surface area (Å²) in [6, 6.07) is 10.4. The molecule has 0 saturated heterocycles. The highest BCUT2D eigenvalue weighted by molar-refractivity contribution is 7.17. The van der Waals surface area contributed by atoms with Crippen molar-refractivity contribution >= 4 is 56.3 Å². The number of thiophene rings is 1. The summed E-state index contributed by atoms with van der Waals surface area (Å²) in [4.78, 5) is 30.7. The van der Waals surface area contributed by atoms with Gasteiger partial charge in [-0.1, -0.05) is 35.3 Å². The second-order valence-corrected chi connectivity index (χ2v) is 8.45. The van der Waals surface area contributed by atoms with E-state index in [1.165, 1.54) is 22.2 Å². The molecule has 0 fully saturated rings. The van der Waals surface area contributed by atoms with Crippen molar-refractivity contribution in [1.29, 1.82) is 0 Å². The Bertz CT molecular complexity index is 1380. The van der Waals surface area contributed by atoms with E-state index >= 15 is 0 Å². The van der Waals surface area contributed by atoms with Crippen LogP contribution in [0.5, 0.6) is 11.5 Å². The van der Waals surface area contributed by atoms with E-state index in [4.69, 9.17) is 32.7 Å². The fourth-order valence-corrected chi connectivity index (χ4v) is 4.51. The van der Waals surface area contributed by atoms with E-state index in [9.17, 15) is 9.59 Å². The molecule has 1 aliphatic heterocycles. The highest BCUT2D eigenvalue weighted by Gasteiger charge is 2.19. The fourth-order valence-electron chi connectivity index (χ4n) is 3.28. The number of carbonyl (C=O) groups is 1. The minimum atomic E-state index is -0.424. The molecule has 0 saturated carbocycles. The number of hydrogen-bond acceptors (Lipinski definition) is 6. The predicted molar refractivity (Wildman–Crippen MR) is 121 cm³/mol. The summed E-state index contributed by atoms with van der Waals surface area (Å²) in [6.45, 7) is -0.122. The molecule has 1 N–H and O–H groups in total. The first-order valence-electron chi connectivity index (χ1n) is 9.11. The van der Waals surface area contributed by atoms with Crippen LogP contribution in [0.25, 0.3) is 21.3 Å². The molecule has 0 unspecified atom stereocenters. The molecule has 7 nitrogen and oxygen atoms in total. The normalized spacial score (nSPS) is 12.3. The first kappa shape index (κ1) is 19.9. The molecule has 0 radical (unpaired) electrons. The van der Waals surface area contributed by atoms with Crippen LogP contribution in [0.4, 0.5) is 5.69 Å². The molecule has 156 valence electrons. The van der Waals surface area contributed by atoms with E-state index in [0.29, 0.717) is 37.4 Å². The van der Waals surface area contributed by atoms with Crippen LogP contribution in [-0.2, 0) is 11.3 Å². The van der Waals surface area contributed by atoms with Gasteiger partial charge in [0, 0.05) is 28.1 Å². The molecule has 2 aromatic heterocycles. The Hall–Kier alpha value is -3.07. The maximum atomic E-state index is 13.1. The summed E-state index contributed by atoms with van der Waals surface area (Å²) in [7, 11) is 0. The van der Waals surface area contributed by atoms with E-state index in [2.05, 4.69) is 10.3 Å². The monoisotopic (exact) mass is 473 g/mol. The van der Waals surface area contributed by atoms with Crippen molar-refractivity contribution in [3.63, 3.8) is 0 Å². The Morgan fingerprint density at radius 1 is 1.16 bits per heavy atom. The minimum Gasteiger partial charge on any atom is -0.454 e. The number of hydrogen-bond donors (Lipinski definition) is 1. The molecule has 4 aromatic rings. The number of aromatic nitrogens is 2. The number of nitrogens with one attached hydrogen (secondary N) is 1. The van der Waals surface area contributed by atoms with Gasteiger partial charge in [0.15, 0.2) is 11.5 Å². The molecular formula is C21H13Cl2N3O4S. The van der Waals surface area contributed by atoms with Gasteiger partial charge in [0.05, 0.1) is 22.4 Å². The molecular weight excluding hydrogens is 461 g/mol. The number of fused-ring (bicyclic) bond motifs is 2. The van der Waals surface area contributed by atoms with Gasteiger partial charge in [0.25, 0.3) is 5.56 Å². The highest BCUT2D eigenvalue weighted by atomic mass is 35.5. The number of rotatable bonds is 4. The zero-order valence-electron chi connectivity index (χ0n) is 15.7. The molecule has 1 aliphatic rings. The number of carbonyl (C=O) groups excluding carboxylic acids is 1.